The van der Waals surface area contributed by atoms with Crippen LogP contribution in [0.1, 0.15) is 30.3 Å². The molecule has 4 rings (SSSR count). The molecule has 0 radical (unpaired) electrons. The first-order valence-corrected chi connectivity index (χ1v) is 13.9. The number of nitrogens with zero attached hydrogens (tertiary/aromatic N) is 5. The third kappa shape index (κ3) is 7.83. The molecule has 2 heterocycles. The Bertz CT molecular complexity index is 1580. The highest BCUT2D eigenvalue weighted by atomic mass is 16.5. The van der Waals surface area contributed by atoms with E-state index in [0.717, 1.165) is 54.3 Å². The number of anilines is 3. The second-order valence-electron chi connectivity index (χ2n) is 10.2. The summed E-state index contributed by atoms with van der Waals surface area (Å²) in [5.74, 6) is 4.46. The van der Waals surface area contributed by atoms with E-state index in [9.17, 15) is 4.79 Å². The third-order valence-electron chi connectivity index (χ3n) is 6.63. The number of nitrogens with one attached hydrogen (secondary N) is 2. The smallest absolute Gasteiger partial charge is 0.323 e. The van der Waals surface area contributed by atoms with Gasteiger partial charge in [-0.05, 0) is 94.1 Å². The molecule has 0 aliphatic rings. The first-order valence-electron chi connectivity index (χ1n) is 13.9. The van der Waals surface area contributed by atoms with Crippen LogP contribution in [0.25, 0.3) is 11.3 Å². The number of aromatic nitrogens is 3. The van der Waals surface area contributed by atoms with Crippen molar-refractivity contribution in [2.45, 2.75) is 26.7 Å². The molecule has 0 fully saturated rings. The van der Waals surface area contributed by atoms with E-state index >= 15 is 0 Å². The number of rotatable bonds is 11. The second-order valence-corrected chi connectivity index (χ2v) is 10.2. The number of hydrogen-bond acceptors (Lipinski definition) is 7. The molecule has 0 aliphatic heterocycles. The van der Waals surface area contributed by atoms with Gasteiger partial charge in [-0.2, -0.15) is 0 Å². The molecule has 0 saturated heterocycles. The summed E-state index contributed by atoms with van der Waals surface area (Å²) in [5.41, 5.74) is 5.19. The number of benzene rings is 2. The quantitative estimate of drug-likeness (QED) is 0.209. The van der Waals surface area contributed by atoms with Gasteiger partial charge in [0.2, 0.25) is 5.88 Å². The molecule has 0 spiro atoms. The van der Waals surface area contributed by atoms with E-state index in [1.54, 1.807) is 18.5 Å². The molecule has 0 aliphatic carbocycles. The Morgan fingerprint density at radius 2 is 1.83 bits per heavy atom. The Balaban J connectivity index is 1.47. The Morgan fingerprint density at radius 1 is 1.00 bits per heavy atom. The van der Waals surface area contributed by atoms with Crippen LogP contribution in [-0.4, -0.2) is 60.1 Å². The van der Waals surface area contributed by atoms with Crippen molar-refractivity contribution < 1.29 is 9.53 Å². The molecular weight excluding hydrogens is 526 g/mol. The van der Waals surface area contributed by atoms with Gasteiger partial charge < -0.3 is 25.2 Å². The molecule has 9 heteroatoms. The number of hydrogen-bond donors (Lipinski definition) is 2. The summed E-state index contributed by atoms with van der Waals surface area (Å²) in [6.07, 6.45) is 10.8. The van der Waals surface area contributed by atoms with E-state index in [-0.39, 0.29) is 6.03 Å². The number of aryl methyl sites for hydroxylation is 2. The number of amides is 2. The van der Waals surface area contributed by atoms with Gasteiger partial charge in [0.05, 0.1) is 22.6 Å². The van der Waals surface area contributed by atoms with Gasteiger partial charge in [0.1, 0.15) is 11.6 Å². The van der Waals surface area contributed by atoms with Gasteiger partial charge >= 0.3 is 6.03 Å². The van der Waals surface area contributed by atoms with Gasteiger partial charge in [-0.25, -0.2) is 19.7 Å². The summed E-state index contributed by atoms with van der Waals surface area (Å²) >= 11 is 0. The lowest BCUT2D eigenvalue weighted by Gasteiger charge is -2.24. The van der Waals surface area contributed by atoms with Crippen LogP contribution < -0.4 is 20.3 Å². The van der Waals surface area contributed by atoms with Crippen molar-refractivity contribution in [2.75, 3.05) is 49.8 Å². The third-order valence-corrected chi connectivity index (χ3v) is 6.63. The van der Waals surface area contributed by atoms with E-state index < -0.39 is 0 Å². The molecule has 42 heavy (non-hydrogen) atoms. The van der Waals surface area contributed by atoms with Crippen molar-refractivity contribution >= 4 is 23.1 Å². The molecule has 0 unspecified atom stereocenters. The maximum absolute atomic E-state index is 13.0. The van der Waals surface area contributed by atoms with E-state index in [1.165, 1.54) is 0 Å². The summed E-state index contributed by atoms with van der Waals surface area (Å²) in [4.78, 5) is 30.7. The first kappa shape index (κ1) is 30.0. The summed E-state index contributed by atoms with van der Waals surface area (Å²) in [6.45, 7) is 5.73. The SMILES string of the molecule is C#Cc1ccc(N(C)CCCN(C)C)c(NC(=O)Nc2ccc(Oc3ncccc3-c3ccnc(CC)n3)c(C)c2)c1. The summed E-state index contributed by atoms with van der Waals surface area (Å²) in [5, 5.41) is 5.89. The number of ether oxygens (including phenoxy) is 1. The summed E-state index contributed by atoms with van der Waals surface area (Å²) in [7, 11) is 6.11. The molecule has 0 bridgehead atoms. The minimum Gasteiger partial charge on any atom is -0.438 e. The molecule has 0 atom stereocenters. The van der Waals surface area contributed by atoms with Crippen molar-refractivity contribution in [2.24, 2.45) is 0 Å². The fraction of sp³-hybridized carbons (Fsp3) is 0.273. The van der Waals surface area contributed by atoms with E-state index in [4.69, 9.17) is 11.2 Å². The molecule has 9 nitrogen and oxygen atoms in total. The van der Waals surface area contributed by atoms with Crippen LogP contribution in [-0.2, 0) is 6.42 Å². The minimum absolute atomic E-state index is 0.373. The number of terminal acetylenes is 1. The predicted molar refractivity (Wildman–Crippen MR) is 169 cm³/mol. The zero-order valence-electron chi connectivity index (χ0n) is 24.8. The number of urea groups is 1. The van der Waals surface area contributed by atoms with Crippen LogP contribution in [0.15, 0.2) is 67.0 Å². The largest absolute Gasteiger partial charge is 0.438 e. The lowest BCUT2D eigenvalue weighted by Crippen LogP contribution is -2.26. The average molecular weight is 564 g/mol. The van der Waals surface area contributed by atoms with Crippen molar-refractivity contribution in [1.82, 2.24) is 19.9 Å². The first-order chi connectivity index (χ1) is 20.3. The van der Waals surface area contributed by atoms with Crippen LogP contribution in [0.4, 0.5) is 21.9 Å². The number of carbonyl (C=O) groups is 1. The van der Waals surface area contributed by atoms with E-state index in [0.29, 0.717) is 28.6 Å². The van der Waals surface area contributed by atoms with Crippen LogP contribution in [0.3, 0.4) is 0 Å². The molecule has 2 N–H and O–H groups in total. The van der Waals surface area contributed by atoms with Crippen LogP contribution >= 0.6 is 0 Å². The Hall–Kier alpha value is -4.94. The maximum Gasteiger partial charge on any atom is 0.323 e. The highest BCUT2D eigenvalue weighted by Crippen LogP contribution is 2.33. The molecule has 2 aromatic carbocycles. The van der Waals surface area contributed by atoms with Crippen molar-refractivity contribution in [3.05, 3.63) is 83.9 Å². The second kappa shape index (κ2) is 14.1. The van der Waals surface area contributed by atoms with Crippen LogP contribution in [0, 0.1) is 19.3 Å². The van der Waals surface area contributed by atoms with Gasteiger partial charge in [0.15, 0.2) is 0 Å². The Morgan fingerprint density at radius 3 is 2.57 bits per heavy atom. The van der Waals surface area contributed by atoms with Crippen molar-refractivity contribution in [1.29, 1.82) is 0 Å². The van der Waals surface area contributed by atoms with E-state index in [1.807, 2.05) is 69.4 Å². The molecule has 216 valence electrons. The molecule has 2 amide bonds. The monoisotopic (exact) mass is 563 g/mol. The van der Waals surface area contributed by atoms with Gasteiger partial charge in [0.25, 0.3) is 0 Å². The summed E-state index contributed by atoms with van der Waals surface area (Å²) < 4.78 is 6.21. The van der Waals surface area contributed by atoms with Crippen molar-refractivity contribution in [3.63, 3.8) is 0 Å². The van der Waals surface area contributed by atoms with Crippen molar-refractivity contribution in [3.8, 4) is 35.2 Å². The van der Waals surface area contributed by atoms with E-state index in [2.05, 4.69) is 55.4 Å². The molecular formula is C33H37N7O2. The zero-order valence-corrected chi connectivity index (χ0v) is 24.8. The fourth-order valence-electron chi connectivity index (χ4n) is 4.42. The number of pyridine rings is 1. The molecule has 2 aromatic heterocycles. The molecule has 0 saturated carbocycles. The predicted octanol–water partition coefficient (Wildman–Crippen LogP) is 6.21. The molecule has 4 aromatic rings. The number of carbonyl (C=O) groups excluding carboxylic acids is 1. The normalized spacial score (nSPS) is 10.7. The van der Waals surface area contributed by atoms with Crippen LogP contribution in [0.5, 0.6) is 11.6 Å². The van der Waals surface area contributed by atoms with Gasteiger partial charge in [-0.1, -0.05) is 12.8 Å². The fourth-order valence-corrected chi connectivity index (χ4v) is 4.42. The Labute approximate surface area is 248 Å². The van der Waals surface area contributed by atoms with Crippen LogP contribution in [0.2, 0.25) is 0 Å². The lowest BCUT2D eigenvalue weighted by molar-refractivity contribution is 0.262. The topological polar surface area (TPSA) is 95.5 Å². The van der Waals surface area contributed by atoms with Gasteiger partial charge in [-0.3, -0.25) is 0 Å². The average Bonchev–Trinajstić information content (AvgIpc) is 2.98. The Kier molecular flexibility index (Phi) is 10.1. The summed E-state index contributed by atoms with van der Waals surface area (Å²) in [6, 6.07) is 16.3. The van der Waals surface area contributed by atoms with Gasteiger partial charge in [0, 0.05) is 43.7 Å². The zero-order chi connectivity index (χ0) is 30.1. The maximum atomic E-state index is 13.0. The standard InChI is InChI=1S/C33H37N7O2/c1-7-24-12-14-29(40(6)20-10-19-39(4)5)28(22-24)38-33(41)36-25-13-15-30(23(3)21-25)42-32-26(11-9-17-35-32)27-16-18-34-31(8-2)37-27/h1,9,11-18,21-22H,8,10,19-20H2,2-6H3,(H2,36,38,41). The highest BCUT2D eigenvalue weighted by molar-refractivity contribution is 6.02. The highest BCUT2D eigenvalue weighted by Gasteiger charge is 2.15. The lowest BCUT2D eigenvalue weighted by atomic mass is 10.1. The van der Waals surface area contributed by atoms with Gasteiger partial charge in [-0.15, -0.1) is 6.42 Å². The minimum atomic E-state index is -0.373.